The molecule has 68 valence electrons. The van der Waals surface area contributed by atoms with Gasteiger partial charge in [0, 0.05) is 12.3 Å². The van der Waals surface area contributed by atoms with Crippen molar-refractivity contribution in [2.24, 2.45) is 0 Å². The average molecular weight is 215 g/mol. The molecule has 1 atom stereocenters. The van der Waals surface area contributed by atoms with Gasteiger partial charge < -0.3 is 0 Å². The van der Waals surface area contributed by atoms with E-state index >= 15 is 0 Å². The lowest BCUT2D eigenvalue weighted by Crippen LogP contribution is -1.83. The van der Waals surface area contributed by atoms with E-state index in [9.17, 15) is 8.60 Å². The van der Waals surface area contributed by atoms with Crippen LogP contribution in [0.4, 0.5) is 4.39 Å². The predicted molar refractivity (Wildman–Crippen MR) is 51.9 cm³/mol. The SMILES string of the molecule is C[S@](=O)c1nc2cc(F)ccc2s1. The van der Waals surface area contributed by atoms with E-state index in [1.807, 2.05) is 0 Å². The Kier molecular flexibility index (Phi) is 2.13. The van der Waals surface area contributed by atoms with Crippen LogP contribution in [-0.2, 0) is 10.8 Å². The number of halogens is 1. The number of nitrogens with zero attached hydrogens (tertiary/aromatic N) is 1. The maximum Gasteiger partial charge on any atom is 0.181 e. The molecule has 0 aliphatic carbocycles. The second-order valence-electron chi connectivity index (χ2n) is 2.55. The minimum atomic E-state index is -1.08. The zero-order valence-electron chi connectivity index (χ0n) is 6.78. The molecule has 0 amide bonds. The smallest absolute Gasteiger partial charge is 0.181 e. The van der Waals surface area contributed by atoms with E-state index in [4.69, 9.17) is 0 Å². The molecule has 2 rings (SSSR count). The molecular formula is C8H6FNOS2. The van der Waals surface area contributed by atoms with E-state index in [0.717, 1.165) is 4.70 Å². The van der Waals surface area contributed by atoms with Gasteiger partial charge in [0.1, 0.15) is 5.82 Å². The largest absolute Gasteiger partial charge is 0.252 e. The van der Waals surface area contributed by atoms with Crippen molar-refractivity contribution < 1.29 is 8.60 Å². The van der Waals surface area contributed by atoms with Crippen LogP contribution >= 0.6 is 11.3 Å². The van der Waals surface area contributed by atoms with Gasteiger partial charge in [-0.1, -0.05) is 0 Å². The standard InChI is InChI=1S/C8H6FNOS2/c1-13(11)8-10-6-4-5(9)2-3-7(6)12-8/h2-4H,1H3/t13-/m0/s1. The van der Waals surface area contributed by atoms with Gasteiger partial charge in [-0.05, 0) is 12.1 Å². The van der Waals surface area contributed by atoms with E-state index in [2.05, 4.69) is 4.98 Å². The van der Waals surface area contributed by atoms with E-state index in [-0.39, 0.29) is 5.82 Å². The van der Waals surface area contributed by atoms with Gasteiger partial charge in [-0.3, -0.25) is 4.21 Å². The zero-order valence-corrected chi connectivity index (χ0v) is 8.41. The number of benzene rings is 1. The lowest BCUT2D eigenvalue weighted by molar-refractivity contribution is 0.629. The number of hydrogen-bond acceptors (Lipinski definition) is 3. The van der Waals surface area contributed by atoms with Crippen LogP contribution in [0.25, 0.3) is 10.2 Å². The highest BCUT2D eigenvalue weighted by Crippen LogP contribution is 2.24. The molecule has 0 saturated carbocycles. The molecule has 2 nitrogen and oxygen atoms in total. The van der Waals surface area contributed by atoms with Gasteiger partial charge >= 0.3 is 0 Å². The third-order valence-corrected chi connectivity index (χ3v) is 3.94. The second kappa shape index (κ2) is 3.16. The molecule has 1 aromatic carbocycles. The minimum absolute atomic E-state index is 0.314. The maximum atomic E-state index is 12.7. The highest BCUT2D eigenvalue weighted by atomic mass is 32.2. The summed E-state index contributed by atoms with van der Waals surface area (Å²) in [6, 6.07) is 4.38. The van der Waals surface area contributed by atoms with Crippen LogP contribution in [0.1, 0.15) is 0 Å². The Hall–Kier alpha value is -0.810. The Morgan fingerprint density at radius 3 is 3.00 bits per heavy atom. The van der Waals surface area contributed by atoms with E-state index in [0.29, 0.717) is 9.86 Å². The fourth-order valence-electron chi connectivity index (χ4n) is 1.00. The van der Waals surface area contributed by atoms with Crippen molar-refractivity contribution in [1.82, 2.24) is 4.98 Å². The fourth-order valence-corrected chi connectivity index (χ4v) is 2.65. The van der Waals surface area contributed by atoms with Crippen molar-refractivity contribution >= 4 is 32.4 Å². The van der Waals surface area contributed by atoms with Crippen LogP contribution in [0.3, 0.4) is 0 Å². The van der Waals surface area contributed by atoms with Gasteiger partial charge in [0.2, 0.25) is 0 Å². The summed E-state index contributed by atoms with van der Waals surface area (Å²) in [4.78, 5) is 4.05. The summed E-state index contributed by atoms with van der Waals surface area (Å²) >= 11 is 1.34. The van der Waals surface area contributed by atoms with Gasteiger partial charge in [0.15, 0.2) is 4.34 Å². The van der Waals surface area contributed by atoms with Gasteiger partial charge in [-0.2, -0.15) is 0 Å². The second-order valence-corrected chi connectivity index (χ2v) is 5.13. The van der Waals surface area contributed by atoms with Crippen LogP contribution in [0.2, 0.25) is 0 Å². The molecule has 0 fully saturated rings. The molecule has 13 heavy (non-hydrogen) atoms. The molecule has 1 aromatic heterocycles. The summed E-state index contributed by atoms with van der Waals surface area (Å²) < 4.78 is 25.2. The molecule has 0 radical (unpaired) electrons. The van der Waals surface area contributed by atoms with E-state index in [1.165, 1.54) is 23.5 Å². The van der Waals surface area contributed by atoms with Gasteiger partial charge in [-0.25, -0.2) is 9.37 Å². The van der Waals surface area contributed by atoms with Crippen molar-refractivity contribution in [3.63, 3.8) is 0 Å². The normalized spacial score (nSPS) is 13.4. The van der Waals surface area contributed by atoms with Crippen LogP contribution in [0, 0.1) is 5.82 Å². The summed E-state index contributed by atoms with van der Waals surface area (Å²) in [7, 11) is -1.08. The summed E-state index contributed by atoms with van der Waals surface area (Å²) in [6.45, 7) is 0. The van der Waals surface area contributed by atoms with Crippen molar-refractivity contribution in [1.29, 1.82) is 0 Å². The van der Waals surface area contributed by atoms with Crippen molar-refractivity contribution in [2.75, 3.05) is 6.26 Å². The van der Waals surface area contributed by atoms with Crippen molar-refractivity contribution in [3.8, 4) is 0 Å². The highest BCUT2D eigenvalue weighted by molar-refractivity contribution is 7.86. The van der Waals surface area contributed by atoms with E-state index in [1.54, 1.807) is 12.3 Å². The molecule has 0 spiro atoms. The maximum absolute atomic E-state index is 12.7. The molecule has 0 aliphatic rings. The number of rotatable bonds is 1. The number of thiazole rings is 1. The summed E-state index contributed by atoms with van der Waals surface area (Å²) in [5.41, 5.74) is 0.579. The molecule has 0 N–H and O–H groups in total. The van der Waals surface area contributed by atoms with Crippen LogP contribution < -0.4 is 0 Å². The van der Waals surface area contributed by atoms with Crippen LogP contribution in [-0.4, -0.2) is 15.4 Å². The third-order valence-electron chi connectivity index (χ3n) is 1.58. The monoisotopic (exact) mass is 215 g/mol. The first-order chi connectivity index (χ1) is 6.16. The van der Waals surface area contributed by atoms with Gasteiger partial charge in [0.25, 0.3) is 0 Å². The van der Waals surface area contributed by atoms with Crippen molar-refractivity contribution in [3.05, 3.63) is 24.0 Å². The molecule has 0 bridgehead atoms. The first-order valence-electron chi connectivity index (χ1n) is 3.56. The molecule has 2 aromatic rings. The summed E-state index contributed by atoms with van der Waals surface area (Å²) in [6.07, 6.45) is 1.56. The zero-order chi connectivity index (χ0) is 9.42. The van der Waals surface area contributed by atoms with Crippen LogP contribution in [0.5, 0.6) is 0 Å². The molecule has 5 heteroatoms. The lowest BCUT2D eigenvalue weighted by atomic mass is 10.3. The van der Waals surface area contributed by atoms with Gasteiger partial charge in [0.05, 0.1) is 21.0 Å². The topological polar surface area (TPSA) is 30.0 Å². The Balaban J connectivity index is 2.68. The fraction of sp³-hybridized carbons (Fsp3) is 0.125. The quantitative estimate of drug-likeness (QED) is 0.729. The predicted octanol–water partition coefficient (Wildman–Crippen LogP) is 2.17. The number of aromatic nitrogens is 1. The number of fused-ring (bicyclic) bond motifs is 1. The molecule has 0 unspecified atom stereocenters. The van der Waals surface area contributed by atoms with Crippen LogP contribution in [0.15, 0.2) is 22.5 Å². The van der Waals surface area contributed by atoms with Crippen molar-refractivity contribution in [2.45, 2.75) is 4.34 Å². The first-order valence-corrected chi connectivity index (χ1v) is 5.94. The Bertz CT molecular complexity index is 480. The minimum Gasteiger partial charge on any atom is -0.252 e. The molecular weight excluding hydrogens is 209 g/mol. The lowest BCUT2D eigenvalue weighted by Gasteiger charge is -1.85. The highest BCUT2D eigenvalue weighted by Gasteiger charge is 2.06. The number of hydrogen-bond donors (Lipinski definition) is 0. The first kappa shape index (κ1) is 8.77. The summed E-state index contributed by atoms with van der Waals surface area (Å²) in [5.74, 6) is -0.314. The Morgan fingerprint density at radius 2 is 2.31 bits per heavy atom. The van der Waals surface area contributed by atoms with E-state index < -0.39 is 10.8 Å². The molecule has 0 aliphatic heterocycles. The molecule has 1 heterocycles. The Morgan fingerprint density at radius 1 is 1.54 bits per heavy atom. The molecule has 0 saturated heterocycles. The summed E-state index contributed by atoms with van der Waals surface area (Å²) in [5, 5.41) is 0. The van der Waals surface area contributed by atoms with Gasteiger partial charge in [-0.15, -0.1) is 11.3 Å². The third kappa shape index (κ3) is 1.62. The average Bonchev–Trinajstić information content (AvgIpc) is 2.46. The Labute approximate surface area is 80.9 Å².